The molecule has 0 aliphatic carbocycles. The summed E-state index contributed by atoms with van der Waals surface area (Å²) in [5.41, 5.74) is 0.336. The van der Waals surface area contributed by atoms with Gasteiger partial charge in [0.15, 0.2) is 5.78 Å². The number of urea groups is 1. The number of ketones is 1. The molecular formula is C25H29N3O5. The van der Waals surface area contributed by atoms with Crippen molar-refractivity contribution >= 4 is 29.3 Å². The predicted molar refractivity (Wildman–Crippen MR) is 124 cm³/mol. The number of hydrogen-bond donors (Lipinski definition) is 3. The second kappa shape index (κ2) is 10.8. The fraction of sp³-hybridized carbons (Fsp3) is 0.360. The minimum absolute atomic E-state index is 0.0207. The molecule has 0 saturated carbocycles. The average Bonchev–Trinajstić information content (AvgIpc) is 3.08. The summed E-state index contributed by atoms with van der Waals surface area (Å²) in [6.07, 6.45) is 3.33. The highest BCUT2D eigenvalue weighted by Crippen LogP contribution is 2.26. The molecule has 3 N–H and O–H groups in total. The molecule has 0 bridgehead atoms. The van der Waals surface area contributed by atoms with Crippen LogP contribution in [0.4, 0.5) is 10.5 Å². The quantitative estimate of drug-likeness (QED) is 0.272. The Kier molecular flexibility index (Phi) is 7.82. The zero-order valence-corrected chi connectivity index (χ0v) is 18.9. The first kappa shape index (κ1) is 24.0. The van der Waals surface area contributed by atoms with Gasteiger partial charge in [0.1, 0.15) is 11.3 Å². The number of unbranched alkanes of at least 4 members (excludes halogenated alkanes) is 2. The molecule has 1 unspecified atom stereocenters. The van der Waals surface area contributed by atoms with Gasteiger partial charge in [-0.2, -0.15) is 0 Å². The number of imide groups is 1. The van der Waals surface area contributed by atoms with Gasteiger partial charge in [-0.05, 0) is 55.3 Å². The van der Waals surface area contributed by atoms with E-state index < -0.39 is 17.5 Å². The highest BCUT2D eigenvalue weighted by Gasteiger charge is 2.43. The maximum atomic E-state index is 12.4. The van der Waals surface area contributed by atoms with Crippen LogP contribution in [0.2, 0.25) is 0 Å². The minimum Gasteiger partial charge on any atom is -0.494 e. The summed E-state index contributed by atoms with van der Waals surface area (Å²) in [5.74, 6) is -0.184. The van der Waals surface area contributed by atoms with E-state index in [0.717, 1.165) is 25.0 Å². The average molecular weight is 452 g/mol. The molecule has 1 fully saturated rings. The number of carbonyl (C=O) groups is 4. The summed E-state index contributed by atoms with van der Waals surface area (Å²) in [5, 5.41) is 7.54. The van der Waals surface area contributed by atoms with E-state index in [1.807, 2.05) is 0 Å². The highest BCUT2D eigenvalue weighted by atomic mass is 16.5. The number of Topliss-reactive ketones (excluding diaryl/α,β-unsaturated/α-hetero) is 1. The summed E-state index contributed by atoms with van der Waals surface area (Å²) in [6, 6.07) is 13.1. The standard InChI is InChI=1S/C25H29N3O5/c1-3-4-5-15-33-20-11-9-17(10-12-20)21(29)13-14-22(30)26-19-8-6-7-18(16-19)25(2)23(31)27-24(32)28-25/h6-12,16H,3-5,13-15H2,1-2H3,(H,26,30)(H2,27,28,31,32). The van der Waals surface area contributed by atoms with Crippen LogP contribution in [0, 0.1) is 0 Å². The second-order valence-corrected chi connectivity index (χ2v) is 8.17. The van der Waals surface area contributed by atoms with Crippen LogP contribution in [0.5, 0.6) is 5.75 Å². The number of rotatable bonds is 11. The van der Waals surface area contributed by atoms with Gasteiger partial charge >= 0.3 is 6.03 Å². The van der Waals surface area contributed by atoms with Gasteiger partial charge < -0.3 is 15.4 Å². The molecule has 3 rings (SSSR count). The van der Waals surface area contributed by atoms with Crippen molar-refractivity contribution < 1.29 is 23.9 Å². The van der Waals surface area contributed by atoms with Gasteiger partial charge in [0, 0.05) is 24.1 Å². The molecule has 33 heavy (non-hydrogen) atoms. The Morgan fingerprint density at radius 2 is 1.79 bits per heavy atom. The lowest BCUT2D eigenvalue weighted by Gasteiger charge is -2.21. The van der Waals surface area contributed by atoms with E-state index in [1.54, 1.807) is 55.5 Å². The molecule has 174 valence electrons. The van der Waals surface area contributed by atoms with Crippen LogP contribution in [0.3, 0.4) is 0 Å². The number of anilines is 1. The lowest BCUT2D eigenvalue weighted by molar-refractivity contribution is -0.123. The van der Waals surface area contributed by atoms with Gasteiger partial charge in [-0.15, -0.1) is 0 Å². The van der Waals surface area contributed by atoms with E-state index in [9.17, 15) is 19.2 Å². The molecule has 1 atom stereocenters. The van der Waals surface area contributed by atoms with E-state index in [0.29, 0.717) is 23.4 Å². The fourth-order valence-corrected chi connectivity index (χ4v) is 3.53. The van der Waals surface area contributed by atoms with Crippen molar-refractivity contribution in [3.63, 3.8) is 0 Å². The Labute approximate surface area is 193 Å². The van der Waals surface area contributed by atoms with Crippen molar-refractivity contribution in [2.45, 2.75) is 51.5 Å². The Bertz CT molecular complexity index is 1030. The van der Waals surface area contributed by atoms with E-state index in [2.05, 4.69) is 22.9 Å². The van der Waals surface area contributed by atoms with Crippen LogP contribution in [-0.4, -0.2) is 30.2 Å². The first-order valence-electron chi connectivity index (χ1n) is 11.1. The lowest BCUT2D eigenvalue weighted by atomic mass is 9.92. The highest BCUT2D eigenvalue weighted by molar-refractivity contribution is 6.07. The van der Waals surface area contributed by atoms with Crippen LogP contribution in [0.25, 0.3) is 0 Å². The van der Waals surface area contributed by atoms with Crippen molar-refractivity contribution in [1.82, 2.24) is 10.6 Å². The van der Waals surface area contributed by atoms with Crippen LogP contribution in [-0.2, 0) is 15.1 Å². The van der Waals surface area contributed by atoms with Crippen LogP contribution < -0.4 is 20.7 Å². The third-order valence-electron chi connectivity index (χ3n) is 5.54. The SMILES string of the molecule is CCCCCOc1ccc(C(=O)CCC(=O)Nc2cccc(C3(C)NC(=O)NC3=O)c2)cc1. The van der Waals surface area contributed by atoms with E-state index >= 15 is 0 Å². The summed E-state index contributed by atoms with van der Waals surface area (Å²) in [6.45, 7) is 4.38. The molecule has 8 heteroatoms. The van der Waals surface area contributed by atoms with Gasteiger partial charge in [-0.1, -0.05) is 31.9 Å². The molecule has 1 saturated heterocycles. The number of hydrogen-bond acceptors (Lipinski definition) is 5. The first-order valence-corrected chi connectivity index (χ1v) is 11.1. The molecule has 2 aromatic rings. The Morgan fingerprint density at radius 1 is 1.03 bits per heavy atom. The molecule has 0 spiro atoms. The molecule has 2 aromatic carbocycles. The number of carbonyl (C=O) groups excluding carboxylic acids is 4. The maximum absolute atomic E-state index is 12.4. The number of benzene rings is 2. The van der Waals surface area contributed by atoms with Gasteiger partial charge in [0.25, 0.3) is 5.91 Å². The summed E-state index contributed by atoms with van der Waals surface area (Å²) >= 11 is 0. The third kappa shape index (κ3) is 6.19. The normalized spacial score (nSPS) is 17.3. The molecule has 4 amide bonds. The van der Waals surface area contributed by atoms with Crippen LogP contribution in [0.1, 0.15) is 61.9 Å². The van der Waals surface area contributed by atoms with E-state index in [4.69, 9.17) is 4.74 Å². The van der Waals surface area contributed by atoms with Gasteiger partial charge in [-0.3, -0.25) is 19.7 Å². The van der Waals surface area contributed by atoms with Crippen molar-refractivity contribution in [2.24, 2.45) is 0 Å². The summed E-state index contributed by atoms with van der Waals surface area (Å²) in [4.78, 5) is 48.4. The van der Waals surface area contributed by atoms with Crippen LogP contribution in [0.15, 0.2) is 48.5 Å². The monoisotopic (exact) mass is 451 g/mol. The first-order chi connectivity index (χ1) is 15.8. The maximum Gasteiger partial charge on any atom is 0.322 e. The second-order valence-electron chi connectivity index (χ2n) is 8.17. The third-order valence-corrected chi connectivity index (χ3v) is 5.54. The molecule has 0 radical (unpaired) electrons. The Morgan fingerprint density at radius 3 is 2.45 bits per heavy atom. The Hall–Kier alpha value is -3.68. The van der Waals surface area contributed by atoms with E-state index in [1.165, 1.54) is 0 Å². The largest absolute Gasteiger partial charge is 0.494 e. The van der Waals surface area contributed by atoms with Crippen molar-refractivity contribution in [1.29, 1.82) is 0 Å². The molecule has 1 heterocycles. The van der Waals surface area contributed by atoms with Gasteiger partial charge in [0.05, 0.1) is 6.61 Å². The molecule has 1 aliphatic rings. The molecular weight excluding hydrogens is 422 g/mol. The molecule has 8 nitrogen and oxygen atoms in total. The zero-order valence-electron chi connectivity index (χ0n) is 18.9. The fourth-order valence-electron chi connectivity index (χ4n) is 3.53. The van der Waals surface area contributed by atoms with Crippen molar-refractivity contribution in [3.8, 4) is 5.75 Å². The topological polar surface area (TPSA) is 114 Å². The molecule has 1 aliphatic heterocycles. The number of amides is 4. The van der Waals surface area contributed by atoms with E-state index in [-0.39, 0.29) is 24.5 Å². The van der Waals surface area contributed by atoms with Crippen molar-refractivity contribution in [2.75, 3.05) is 11.9 Å². The smallest absolute Gasteiger partial charge is 0.322 e. The zero-order chi connectivity index (χ0) is 23.8. The summed E-state index contributed by atoms with van der Waals surface area (Å²) < 4.78 is 5.65. The lowest BCUT2D eigenvalue weighted by Crippen LogP contribution is -2.40. The van der Waals surface area contributed by atoms with Gasteiger partial charge in [-0.25, -0.2) is 4.79 Å². The van der Waals surface area contributed by atoms with Crippen LogP contribution >= 0.6 is 0 Å². The summed E-state index contributed by atoms with van der Waals surface area (Å²) in [7, 11) is 0. The molecule has 0 aromatic heterocycles. The predicted octanol–water partition coefficient (Wildman–Crippen LogP) is 3.91. The number of nitrogens with one attached hydrogen (secondary N) is 3. The van der Waals surface area contributed by atoms with Gasteiger partial charge in [0.2, 0.25) is 5.91 Å². The van der Waals surface area contributed by atoms with Crippen molar-refractivity contribution in [3.05, 3.63) is 59.7 Å². The minimum atomic E-state index is -1.21. The Balaban J connectivity index is 1.51. The number of ether oxygens (including phenoxy) is 1.